The van der Waals surface area contributed by atoms with E-state index in [9.17, 15) is 4.79 Å². The van der Waals surface area contributed by atoms with Crippen LogP contribution in [0, 0.1) is 0 Å². The van der Waals surface area contributed by atoms with Crippen molar-refractivity contribution in [3.05, 3.63) is 23.8 Å². The molecule has 0 amide bonds. The summed E-state index contributed by atoms with van der Waals surface area (Å²) in [5, 5.41) is 0. The summed E-state index contributed by atoms with van der Waals surface area (Å²) in [7, 11) is 0. The van der Waals surface area contributed by atoms with Crippen LogP contribution in [0.1, 0.15) is 19.4 Å². The molecule has 86 valence electrons. The van der Waals surface area contributed by atoms with Crippen LogP contribution in [-0.2, 0) is 16.1 Å². The first kappa shape index (κ1) is 11.0. The molecule has 1 aliphatic rings. The van der Waals surface area contributed by atoms with Gasteiger partial charge in [-0.2, -0.15) is 0 Å². The van der Waals surface area contributed by atoms with E-state index in [1.54, 1.807) is 6.92 Å². The summed E-state index contributed by atoms with van der Waals surface area (Å²) in [4.78, 5) is 11.0. The van der Waals surface area contributed by atoms with Gasteiger partial charge < -0.3 is 14.2 Å². The Balaban J connectivity index is 1.98. The van der Waals surface area contributed by atoms with Crippen LogP contribution in [0.3, 0.4) is 0 Å². The molecule has 0 N–H and O–H groups in total. The van der Waals surface area contributed by atoms with E-state index in [0.29, 0.717) is 6.61 Å². The SMILES string of the molecule is CC(=O)C(C)OCc1ccc2c(c1)OCO2. The van der Waals surface area contributed by atoms with Crippen LogP contribution in [0.5, 0.6) is 11.5 Å². The van der Waals surface area contributed by atoms with Gasteiger partial charge in [-0.25, -0.2) is 0 Å². The lowest BCUT2D eigenvalue weighted by molar-refractivity contribution is -0.127. The van der Waals surface area contributed by atoms with Gasteiger partial charge in [0.2, 0.25) is 6.79 Å². The lowest BCUT2D eigenvalue weighted by atomic mass is 10.2. The van der Waals surface area contributed by atoms with Crippen molar-refractivity contribution in [2.45, 2.75) is 26.6 Å². The number of ether oxygens (including phenoxy) is 3. The minimum absolute atomic E-state index is 0.0285. The molecule has 0 saturated carbocycles. The summed E-state index contributed by atoms with van der Waals surface area (Å²) in [5.74, 6) is 1.51. The number of rotatable bonds is 4. The Morgan fingerprint density at radius 2 is 2.19 bits per heavy atom. The maximum atomic E-state index is 11.0. The monoisotopic (exact) mass is 222 g/mol. The van der Waals surface area contributed by atoms with Crippen molar-refractivity contribution in [1.82, 2.24) is 0 Å². The first-order valence-corrected chi connectivity index (χ1v) is 5.17. The highest BCUT2D eigenvalue weighted by Gasteiger charge is 2.14. The largest absolute Gasteiger partial charge is 0.454 e. The van der Waals surface area contributed by atoms with Crippen molar-refractivity contribution in [2.24, 2.45) is 0 Å². The topological polar surface area (TPSA) is 44.8 Å². The summed E-state index contributed by atoms with van der Waals surface area (Å²) < 4.78 is 15.9. The second kappa shape index (κ2) is 4.53. The lowest BCUT2D eigenvalue weighted by Crippen LogP contribution is -2.17. The Labute approximate surface area is 94.1 Å². The van der Waals surface area contributed by atoms with Gasteiger partial charge in [-0.05, 0) is 31.5 Å². The van der Waals surface area contributed by atoms with E-state index in [1.165, 1.54) is 6.92 Å². The predicted octanol–water partition coefficient (Wildman–Crippen LogP) is 1.91. The van der Waals surface area contributed by atoms with Gasteiger partial charge in [0.15, 0.2) is 17.3 Å². The van der Waals surface area contributed by atoms with Crippen LogP contribution in [0.2, 0.25) is 0 Å². The van der Waals surface area contributed by atoms with Crippen molar-refractivity contribution in [3.63, 3.8) is 0 Å². The fourth-order valence-corrected chi connectivity index (χ4v) is 1.37. The van der Waals surface area contributed by atoms with Gasteiger partial charge in [0.05, 0.1) is 6.61 Å². The Hall–Kier alpha value is -1.55. The molecule has 0 fully saturated rings. The molecule has 0 aromatic heterocycles. The zero-order chi connectivity index (χ0) is 11.5. The fraction of sp³-hybridized carbons (Fsp3) is 0.417. The normalized spacial score (nSPS) is 14.9. The molecule has 1 aromatic carbocycles. The molecule has 1 heterocycles. The van der Waals surface area contributed by atoms with Crippen LogP contribution < -0.4 is 9.47 Å². The second-order valence-electron chi connectivity index (χ2n) is 3.75. The van der Waals surface area contributed by atoms with Gasteiger partial charge in [-0.3, -0.25) is 4.79 Å². The van der Waals surface area contributed by atoms with Gasteiger partial charge in [-0.15, -0.1) is 0 Å². The lowest BCUT2D eigenvalue weighted by Gasteiger charge is -2.09. The summed E-state index contributed by atoms with van der Waals surface area (Å²) >= 11 is 0. The second-order valence-corrected chi connectivity index (χ2v) is 3.75. The third kappa shape index (κ3) is 2.33. The van der Waals surface area contributed by atoms with E-state index < -0.39 is 0 Å². The number of ketones is 1. The number of fused-ring (bicyclic) bond motifs is 1. The van der Waals surface area contributed by atoms with Crippen molar-refractivity contribution in [2.75, 3.05) is 6.79 Å². The third-order valence-corrected chi connectivity index (χ3v) is 2.51. The van der Waals surface area contributed by atoms with E-state index in [2.05, 4.69) is 0 Å². The summed E-state index contributed by atoms with van der Waals surface area (Å²) in [6.07, 6.45) is -0.370. The minimum Gasteiger partial charge on any atom is -0.454 e. The molecule has 0 bridgehead atoms. The molecule has 1 aromatic rings. The quantitative estimate of drug-likeness (QED) is 0.780. The van der Waals surface area contributed by atoms with Gasteiger partial charge in [-0.1, -0.05) is 6.07 Å². The molecule has 16 heavy (non-hydrogen) atoms. The Morgan fingerprint density at radius 3 is 2.94 bits per heavy atom. The number of benzene rings is 1. The fourth-order valence-electron chi connectivity index (χ4n) is 1.37. The zero-order valence-electron chi connectivity index (χ0n) is 9.36. The first-order chi connectivity index (χ1) is 7.66. The van der Waals surface area contributed by atoms with Gasteiger partial charge in [0.1, 0.15) is 6.10 Å². The molecule has 1 unspecified atom stereocenters. The number of hydrogen-bond acceptors (Lipinski definition) is 4. The average molecular weight is 222 g/mol. The maximum Gasteiger partial charge on any atom is 0.231 e. The molecule has 2 rings (SSSR count). The summed E-state index contributed by atoms with van der Waals surface area (Å²) in [5.41, 5.74) is 0.970. The number of hydrogen-bond donors (Lipinski definition) is 0. The molecular formula is C12H14O4. The Bertz CT molecular complexity index is 400. The average Bonchev–Trinajstić information content (AvgIpc) is 2.72. The predicted molar refractivity (Wildman–Crippen MR) is 57.5 cm³/mol. The summed E-state index contributed by atoms with van der Waals surface area (Å²) in [6.45, 7) is 3.93. The van der Waals surface area contributed by atoms with Crippen molar-refractivity contribution in [3.8, 4) is 11.5 Å². The van der Waals surface area contributed by atoms with Crippen LogP contribution in [-0.4, -0.2) is 18.7 Å². The van der Waals surface area contributed by atoms with Crippen LogP contribution >= 0.6 is 0 Å². The highest BCUT2D eigenvalue weighted by Crippen LogP contribution is 2.32. The molecule has 0 saturated heterocycles. The molecule has 0 spiro atoms. The molecule has 0 aliphatic carbocycles. The van der Waals surface area contributed by atoms with Gasteiger partial charge in [0.25, 0.3) is 0 Å². The van der Waals surface area contributed by atoms with E-state index in [-0.39, 0.29) is 18.7 Å². The van der Waals surface area contributed by atoms with E-state index in [4.69, 9.17) is 14.2 Å². The van der Waals surface area contributed by atoms with Crippen molar-refractivity contribution in [1.29, 1.82) is 0 Å². The maximum absolute atomic E-state index is 11.0. The Morgan fingerprint density at radius 1 is 1.44 bits per heavy atom. The zero-order valence-corrected chi connectivity index (χ0v) is 9.36. The van der Waals surface area contributed by atoms with Crippen LogP contribution in [0.15, 0.2) is 18.2 Å². The minimum atomic E-state index is -0.370. The number of carbonyl (C=O) groups excluding carboxylic acids is 1. The standard InChI is InChI=1S/C12H14O4/c1-8(13)9(2)14-6-10-3-4-11-12(5-10)16-7-15-11/h3-5,9H,6-7H2,1-2H3. The Kier molecular flexibility index (Phi) is 3.10. The molecule has 1 aliphatic heterocycles. The highest BCUT2D eigenvalue weighted by atomic mass is 16.7. The molecular weight excluding hydrogens is 208 g/mol. The van der Waals surface area contributed by atoms with Crippen molar-refractivity contribution < 1.29 is 19.0 Å². The first-order valence-electron chi connectivity index (χ1n) is 5.17. The smallest absolute Gasteiger partial charge is 0.231 e. The van der Waals surface area contributed by atoms with Crippen LogP contribution in [0.4, 0.5) is 0 Å². The van der Waals surface area contributed by atoms with Crippen molar-refractivity contribution >= 4 is 5.78 Å². The van der Waals surface area contributed by atoms with Gasteiger partial charge in [0, 0.05) is 0 Å². The highest BCUT2D eigenvalue weighted by molar-refractivity contribution is 5.79. The summed E-state index contributed by atoms with van der Waals surface area (Å²) in [6, 6.07) is 5.62. The molecule has 0 radical (unpaired) electrons. The van der Waals surface area contributed by atoms with Gasteiger partial charge >= 0.3 is 0 Å². The van der Waals surface area contributed by atoms with Crippen LogP contribution in [0.25, 0.3) is 0 Å². The molecule has 4 heteroatoms. The molecule has 1 atom stereocenters. The van der Waals surface area contributed by atoms with E-state index in [0.717, 1.165) is 17.1 Å². The third-order valence-electron chi connectivity index (χ3n) is 2.51. The van der Waals surface area contributed by atoms with E-state index >= 15 is 0 Å². The number of Topliss-reactive ketones (excluding diaryl/α,β-unsaturated/α-hetero) is 1. The number of carbonyl (C=O) groups is 1. The van der Waals surface area contributed by atoms with E-state index in [1.807, 2.05) is 18.2 Å². The molecule has 4 nitrogen and oxygen atoms in total.